The van der Waals surface area contributed by atoms with Gasteiger partial charge in [-0.3, -0.25) is 0 Å². The number of hydrogen-bond acceptors (Lipinski definition) is 7. The molecular weight excluding hydrogens is 238 g/mol. The first-order valence-electron chi connectivity index (χ1n) is 5.04. The fraction of sp³-hybridized carbons (Fsp3) is 0.300. The van der Waals surface area contributed by atoms with Gasteiger partial charge in [-0.25, -0.2) is 9.97 Å². The van der Waals surface area contributed by atoms with E-state index in [1.807, 2.05) is 13.0 Å². The van der Waals surface area contributed by atoms with Gasteiger partial charge in [0, 0.05) is 6.42 Å². The van der Waals surface area contributed by atoms with Crippen molar-refractivity contribution in [1.82, 2.24) is 20.2 Å². The van der Waals surface area contributed by atoms with Crippen molar-refractivity contribution in [3.8, 4) is 6.07 Å². The van der Waals surface area contributed by atoms with Crippen LogP contribution in [0.2, 0.25) is 0 Å². The van der Waals surface area contributed by atoms with E-state index in [4.69, 9.17) is 9.68 Å². The van der Waals surface area contributed by atoms with E-state index in [0.29, 0.717) is 16.1 Å². The van der Waals surface area contributed by atoms with E-state index >= 15 is 0 Å². The maximum atomic E-state index is 8.58. The van der Waals surface area contributed by atoms with Crippen molar-refractivity contribution in [2.75, 3.05) is 0 Å². The normalized spacial score (nSPS) is 10.1. The number of hydrogen-bond donors (Lipinski definition) is 0. The molecule has 0 aliphatic heterocycles. The molecule has 0 aromatic carbocycles. The largest absolute Gasteiger partial charge is 0.416 e. The third-order valence-corrected chi connectivity index (χ3v) is 2.61. The summed E-state index contributed by atoms with van der Waals surface area (Å²) in [5.41, 5.74) is 0.284. The predicted molar refractivity (Wildman–Crippen MR) is 59.2 cm³/mol. The average Bonchev–Trinajstić information content (AvgIpc) is 2.78. The van der Waals surface area contributed by atoms with Gasteiger partial charge in [0.25, 0.3) is 5.22 Å². The third kappa shape index (κ3) is 3.01. The van der Waals surface area contributed by atoms with E-state index in [2.05, 4.69) is 20.2 Å². The Kier molecular flexibility index (Phi) is 3.67. The molecule has 0 saturated carbocycles. The van der Waals surface area contributed by atoms with Crippen LogP contribution in [-0.4, -0.2) is 20.2 Å². The van der Waals surface area contributed by atoms with Gasteiger partial charge in [0.1, 0.15) is 11.1 Å². The van der Waals surface area contributed by atoms with Crippen LogP contribution in [0.15, 0.2) is 27.1 Å². The van der Waals surface area contributed by atoms with Gasteiger partial charge in [0.15, 0.2) is 5.69 Å². The minimum atomic E-state index is 0.284. The van der Waals surface area contributed by atoms with Crippen molar-refractivity contribution in [2.24, 2.45) is 0 Å². The van der Waals surface area contributed by atoms with Gasteiger partial charge in [0.05, 0.1) is 12.4 Å². The predicted octanol–water partition coefficient (Wildman–Crippen LogP) is 1.83. The van der Waals surface area contributed by atoms with Crippen molar-refractivity contribution in [1.29, 1.82) is 5.26 Å². The van der Waals surface area contributed by atoms with Crippen molar-refractivity contribution < 1.29 is 4.42 Å². The number of nitrogens with zero attached hydrogens (tertiary/aromatic N) is 5. The van der Waals surface area contributed by atoms with Crippen LogP contribution < -0.4 is 0 Å². The monoisotopic (exact) mass is 247 g/mol. The van der Waals surface area contributed by atoms with E-state index in [1.54, 1.807) is 0 Å². The summed E-state index contributed by atoms with van der Waals surface area (Å²) in [6.07, 6.45) is 4.65. The zero-order valence-corrected chi connectivity index (χ0v) is 9.94. The zero-order valence-electron chi connectivity index (χ0n) is 9.12. The fourth-order valence-corrected chi connectivity index (χ4v) is 1.72. The Morgan fingerprint density at radius 1 is 1.35 bits per heavy atom. The molecule has 0 spiro atoms. The number of aromatic nitrogens is 4. The van der Waals surface area contributed by atoms with Crippen molar-refractivity contribution in [2.45, 2.75) is 30.0 Å². The smallest absolute Gasteiger partial charge is 0.282 e. The lowest BCUT2D eigenvalue weighted by atomic mass is 10.3. The molecule has 2 heterocycles. The van der Waals surface area contributed by atoms with Gasteiger partial charge in [-0.15, -0.1) is 10.2 Å². The molecule has 0 fully saturated rings. The molecule has 2 aromatic rings. The molecule has 0 atom stereocenters. The van der Waals surface area contributed by atoms with Gasteiger partial charge in [0.2, 0.25) is 5.89 Å². The lowest BCUT2D eigenvalue weighted by molar-refractivity contribution is 0.411. The molecule has 7 heteroatoms. The lowest BCUT2D eigenvalue weighted by Gasteiger charge is -1.94. The van der Waals surface area contributed by atoms with Gasteiger partial charge in [-0.1, -0.05) is 6.92 Å². The van der Waals surface area contributed by atoms with Crippen molar-refractivity contribution in [3.05, 3.63) is 24.0 Å². The SMILES string of the molecule is CCCc1nnc(Sc2cnc(C#N)cn2)o1. The molecule has 0 bridgehead atoms. The van der Waals surface area contributed by atoms with Crippen LogP contribution >= 0.6 is 11.8 Å². The van der Waals surface area contributed by atoms with Gasteiger partial charge < -0.3 is 4.42 Å². The highest BCUT2D eigenvalue weighted by Crippen LogP contribution is 2.23. The molecule has 0 radical (unpaired) electrons. The Labute approximate surface area is 102 Å². The van der Waals surface area contributed by atoms with E-state index in [9.17, 15) is 0 Å². The first-order chi connectivity index (χ1) is 8.31. The molecule has 17 heavy (non-hydrogen) atoms. The Morgan fingerprint density at radius 2 is 2.24 bits per heavy atom. The van der Waals surface area contributed by atoms with Crippen molar-refractivity contribution >= 4 is 11.8 Å². The van der Waals surface area contributed by atoms with Crippen molar-refractivity contribution in [3.63, 3.8) is 0 Å². The summed E-state index contributed by atoms with van der Waals surface area (Å²) in [6.45, 7) is 2.04. The minimum Gasteiger partial charge on any atom is -0.416 e. The van der Waals surface area contributed by atoms with E-state index in [1.165, 1.54) is 24.2 Å². The molecule has 6 nitrogen and oxygen atoms in total. The van der Waals surface area contributed by atoms with Crippen LogP contribution in [0.3, 0.4) is 0 Å². The molecule has 0 aliphatic carbocycles. The van der Waals surface area contributed by atoms with Crippen LogP contribution in [-0.2, 0) is 6.42 Å². The Bertz CT molecular complexity index is 530. The van der Waals surface area contributed by atoms with E-state index < -0.39 is 0 Å². The second kappa shape index (κ2) is 5.41. The minimum absolute atomic E-state index is 0.284. The Hall–Kier alpha value is -1.94. The summed E-state index contributed by atoms with van der Waals surface area (Å²) in [6, 6.07) is 1.90. The lowest BCUT2D eigenvalue weighted by Crippen LogP contribution is -1.86. The maximum Gasteiger partial charge on any atom is 0.282 e. The summed E-state index contributed by atoms with van der Waals surface area (Å²) in [5, 5.41) is 17.4. The Balaban J connectivity index is 2.06. The average molecular weight is 247 g/mol. The highest BCUT2D eigenvalue weighted by molar-refractivity contribution is 7.99. The zero-order chi connectivity index (χ0) is 12.1. The molecule has 0 N–H and O–H groups in total. The molecule has 0 unspecified atom stereocenters. The standard InChI is InChI=1S/C10H9N5OS/c1-2-3-8-14-15-10(16-8)17-9-6-12-7(4-11)5-13-9/h5-6H,2-3H2,1H3. The summed E-state index contributed by atoms with van der Waals surface area (Å²) >= 11 is 1.23. The van der Waals surface area contributed by atoms with Crippen LogP contribution in [0.25, 0.3) is 0 Å². The van der Waals surface area contributed by atoms with Crippen LogP contribution in [0.4, 0.5) is 0 Å². The highest BCUT2D eigenvalue weighted by atomic mass is 32.2. The van der Waals surface area contributed by atoms with Gasteiger partial charge >= 0.3 is 0 Å². The van der Waals surface area contributed by atoms with Crippen LogP contribution in [0.1, 0.15) is 24.9 Å². The quantitative estimate of drug-likeness (QED) is 0.814. The molecule has 0 amide bonds. The molecule has 2 rings (SSSR count). The molecule has 2 aromatic heterocycles. The maximum absolute atomic E-state index is 8.58. The fourth-order valence-electron chi connectivity index (χ4n) is 1.11. The van der Waals surface area contributed by atoms with Gasteiger partial charge in [-0.2, -0.15) is 5.26 Å². The van der Waals surface area contributed by atoms with E-state index in [0.717, 1.165) is 12.8 Å². The summed E-state index contributed by atoms with van der Waals surface area (Å²) in [4.78, 5) is 7.95. The topological polar surface area (TPSA) is 88.5 Å². The second-order valence-corrected chi connectivity index (χ2v) is 4.14. The highest BCUT2D eigenvalue weighted by Gasteiger charge is 2.08. The number of aryl methyl sites for hydroxylation is 1. The summed E-state index contributed by atoms with van der Waals surface area (Å²) < 4.78 is 5.39. The molecule has 0 aliphatic rings. The number of rotatable bonds is 4. The van der Waals surface area contributed by atoms with Gasteiger partial charge in [-0.05, 0) is 18.2 Å². The second-order valence-electron chi connectivity index (χ2n) is 3.17. The van der Waals surface area contributed by atoms with Crippen LogP contribution in [0.5, 0.6) is 0 Å². The third-order valence-electron chi connectivity index (χ3n) is 1.85. The summed E-state index contributed by atoms with van der Waals surface area (Å²) in [5.74, 6) is 0.622. The first-order valence-corrected chi connectivity index (χ1v) is 5.86. The number of nitriles is 1. The van der Waals surface area contributed by atoms with Crippen LogP contribution in [0, 0.1) is 11.3 Å². The molecule has 86 valence electrons. The van der Waals surface area contributed by atoms with E-state index in [-0.39, 0.29) is 5.69 Å². The Morgan fingerprint density at radius 3 is 2.88 bits per heavy atom. The molecular formula is C10H9N5OS. The first kappa shape index (κ1) is 11.5. The molecule has 0 saturated heterocycles. The summed E-state index contributed by atoms with van der Waals surface area (Å²) in [7, 11) is 0.